The molecule has 146 valence electrons. The minimum Gasteiger partial charge on any atom is -0.497 e. The zero-order chi connectivity index (χ0) is 19.9. The summed E-state index contributed by atoms with van der Waals surface area (Å²) in [5, 5.41) is 2.74. The van der Waals surface area contributed by atoms with Crippen molar-refractivity contribution in [2.75, 3.05) is 36.1 Å². The number of benzene rings is 2. The topological polar surface area (TPSA) is 84.9 Å². The van der Waals surface area contributed by atoms with Crippen LogP contribution in [0.2, 0.25) is 0 Å². The van der Waals surface area contributed by atoms with Crippen LogP contribution in [0, 0.1) is 0 Å². The molecule has 2 rings (SSSR count). The number of nitrogens with zero attached hydrogens (tertiary/aromatic N) is 1. The van der Waals surface area contributed by atoms with Crippen LogP contribution in [0.25, 0.3) is 0 Å². The van der Waals surface area contributed by atoms with Crippen LogP contribution >= 0.6 is 0 Å². The number of ether oxygens (including phenoxy) is 2. The molecule has 0 aromatic heterocycles. The van der Waals surface area contributed by atoms with E-state index in [0.29, 0.717) is 29.5 Å². The molecule has 0 radical (unpaired) electrons. The van der Waals surface area contributed by atoms with E-state index in [0.717, 1.165) is 6.26 Å². The fraction of sp³-hybridized carbons (Fsp3) is 0.316. The second kappa shape index (κ2) is 9.27. The fourth-order valence-corrected chi connectivity index (χ4v) is 3.42. The number of anilines is 2. The Hall–Kier alpha value is -2.74. The van der Waals surface area contributed by atoms with E-state index in [4.69, 9.17) is 9.47 Å². The molecule has 0 aliphatic heterocycles. The summed E-state index contributed by atoms with van der Waals surface area (Å²) in [5.74, 6) is 0.994. The van der Waals surface area contributed by atoms with Gasteiger partial charge in [-0.3, -0.25) is 9.10 Å². The van der Waals surface area contributed by atoms with Gasteiger partial charge in [-0.1, -0.05) is 6.07 Å². The second-order valence-electron chi connectivity index (χ2n) is 5.79. The van der Waals surface area contributed by atoms with Crippen LogP contribution in [0.1, 0.15) is 13.3 Å². The van der Waals surface area contributed by atoms with Gasteiger partial charge in [0.25, 0.3) is 0 Å². The first kappa shape index (κ1) is 20.6. The molecule has 0 atom stereocenters. The van der Waals surface area contributed by atoms with Crippen LogP contribution in [0.15, 0.2) is 48.5 Å². The Morgan fingerprint density at radius 2 is 1.81 bits per heavy atom. The lowest BCUT2D eigenvalue weighted by molar-refractivity contribution is -0.116. The summed E-state index contributed by atoms with van der Waals surface area (Å²) in [6, 6.07) is 13.7. The van der Waals surface area contributed by atoms with Gasteiger partial charge in [0.1, 0.15) is 11.5 Å². The van der Waals surface area contributed by atoms with E-state index < -0.39 is 10.0 Å². The van der Waals surface area contributed by atoms with Crippen LogP contribution in [-0.2, 0) is 14.8 Å². The van der Waals surface area contributed by atoms with Crippen molar-refractivity contribution in [1.82, 2.24) is 0 Å². The van der Waals surface area contributed by atoms with Crippen LogP contribution < -0.4 is 19.1 Å². The van der Waals surface area contributed by atoms with Gasteiger partial charge >= 0.3 is 0 Å². The summed E-state index contributed by atoms with van der Waals surface area (Å²) in [6.45, 7) is 2.43. The fourth-order valence-electron chi connectivity index (χ4n) is 2.49. The molecule has 27 heavy (non-hydrogen) atoms. The van der Waals surface area contributed by atoms with Crippen molar-refractivity contribution < 1.29 is 22.7 Å². The number of rotatable bonds is 9. The van der Waals surface area contributed by atoms with E-state index in [1.165, 1.54) is 4.31 Å². The van der Waals surface area contributed by atoms with Gasteiger partial charge in [-0.2, -0.15) is 0 Å². The molecule has 0 saturated carbocycles. The van der Waals surface area contributed by atoms with Crippen LogP contribution in [0.4, 0.5) is 11.4 Å². The van der Waals surface area contributed by atoms with Gasteiger partial charge in [-0.25, -0.2) is 8.42 Å². The molecule has 8 heteroatoms. The standard InChI is InChI=1S/C19H24N2O5S/c1-4-26-17-10-8-16(9-11-17)21(27(3,23)24)13-12-19(22)20-15-6-5-7-18(14-15)25-2/h5-11,14H,4,12-13H2,1-3H3,(H,20,22). The maximum Gasteiger partial charge on any atom is 0.232 e. The second-order valence-corrected chi connectivity index (χ2v) is 7.70. The Kier molecular flexibility index (Phi) is 7.06. The zero-order valence-corrected chi connectivity index (χ0v) is 16.5. The molecule has 0 spiro atoms. The first-order valence-electron chi connectivity index (χ1n) is 8.48. The molecule has 0 saturated heterocycles. The predicted molar refractivity (Wildman–Crippen MR) is 106 cm³/mol. The minimum atomic E-state index is -3.53. The van der Waals surface area contributed by atoms with E-state index >= 15 is 0 Å². The maximum absolute atomic E-state index is 12.2. The highest BCUT2D eigenvalue weighted by atomic mass is 32.2. The molecule has 2 aromatic rings. The number of carbonyl (C=O) groups is 1. The number of amides is 1. The molecular weight excluding hydrogens is 368 g/mol. The van der Waals surface area contributed by atoms with E-state index in [1.54, 1.807) is 55.6 Å². The normalized spacial score (nSPS) is 10.9. The SMILES string of the molecule is CCOc1ccc(N(CCC(=O)Nc2cccc(OC)c2)S(C)(=O)=O)cc1. The number of hydrogen-bond donors (Lipinski definition) is 1. The van der Waals surface area contributed by atoms with Crippen molar-refractivity contribution in [3.63, 3.8) is 0 Å². The van der Waals surface area contributed by atoms with E-state index in [9.17, 15) is 13.2 Å². The molecule has 1 N–H and O–H groups in total. The number of nitrogens with one attached hydrogen (secondary N) is 1. The quantitative estimate of drug-likeness (QED) is 0.709. The molecule has 2 aromatic carbocycles. The monoisotopic (exact) mass is 392 g/mol. The Bertz CT molecular complexity index is 866. The third-order valence-electron chi connectivity index (χ3n) is 3.73. The largest absolute Gasteiger partial charge is 0.497 e. The summed E-state index contributed by atoms with van der Waals surface area (Å²) in [5.41, 5.74) is 1.07. The lowest BCUT2D eigenvalue weighted by Gasteiger charge is -2.22. The van der Waals surface area contributed by atoms with Gasteiger partial charge in [-0.05, 0) is 43.3 Å². The molecule has 1 amide bonds. The van der Waals surface area contributed by atoms with E-state index in [-0.39, 0.29) is 18.9 Å². The zero-order valence-electron chi connectivity index (χ0n) is 15.6. The van der Waals surface area contributed by atoms with Crippen molar-refractivity contribution >= 4 is 27.3 Å². The Labute approximate surface area is 160 Å². The molecule has 0 unspecified atom stereocenters. The summed E-state index contributed by atoms with van der Waals surface area (Å²) >= 11 is 0. The highest BCUT2D eigenvalue weighted by Gasteiger charge is 2.19. The highest BCUT2D eigenvalue weighted by Crippen LogP contribution is 2.22. The minimum absolute atomic E-state index is 0.0114. The van der Waals surface area contributed by atoms with Gasteiger partial charge in [0.2, 0.25) is 15.9 Å². The number of methoxy groups -OCH3 is 1. The molecule has 0 aliphatic carbocycles. The maximum atomic E-state index is 12.2. The first-order chi connectivity index (χ1) is 12.8. The average Bonchev–Trinajstić information content (AvgIpc) is 2.62. The Morgan fingerprint density at radius 3 is 2.41 bits per heavy atom. The van der Waals surface area contributed by atoms with Crippen molar-refractivity contribution in [2.45, 2.75) is 13.3 Å². The Morgan fingerprint density at radius 1 is 1.11 bits per heavy atom. The number of sulfonamides is 1. The van der Waals surface area contributed by atoms with Crippen LogP contribution in [0.3, 0.4) is 0 Å². The first-order valence-corrected chi connectivity index (χ1v) is 10.3. The van der Waals surface area contributed by atoms with Crippen molar-refractivity contribution in [1.29, 1.82) is 0 Å². The molecule has 7 nitrogen and oxygen atoms in total. The number of hydrogen-bond acceptors (Lipinski definition) is 5. The van der Waals surface area contributed by atoms with Gasteiger partial charge in [-0.15, -0.1) is 0 Å². The molecule has 0 fully saturated rings. The lowest BCUT2D eigenvalue weighted by atomic mass is 10.2. The van der Waals surface area contributed by atoms with Crippen molar-refractivity contribution in [3.05, 3.63) is 48.5 Å². The number of carbonyl (C=O) groups excluding carboxylic acids is 1. The van der Waals surface area contributed by atoms with E-state index in [1.807, 2.05) is 6.92 Å². The third kappa shape index (κ3) is 6.18. The smallest absolute Gasteiger partial charge is 0.232 e. The van der Waals surface area contributed by atoms with Gasteiger partial charge in [0, 0.05) is 24.7 Å². The average molecular weight is 392 g/mol. The van der Waals surface area contributed by atoms with Crippen LogP contribution in [-0.4, -0.2) is 40.8 Å². The summed E-state index contributed by atoms with van der Waals surface area (Å²) in [4.78, 5) is 12.2. The van der Waals surface area contributed by atoms with E-state index in [2.05, 4.69) is 5.32 Å². The summed E-state index contributed by atoms with van der Waals surface area (Å²) < 4.78 is 36.0. The van der Waals surface area contributed by atoms with Gasteiger partial charge < -0.3 is 14.8 Å². The van der Waals surface area contributed by atoms with Gasteiger partial charge in [0.15, 0.2) is 0 Å². The lowest BCUT2D eigenvalue weighted by Crippen LogP contribution is -2.33. The molecule has 0 aliphatic rings. The summed E-state index contributed by atoms with van der Waals surface area (Å²) in [7, 11) is -1.99. The van der Waals surface area contributed by atoms with Crippen LogP contribution in [0.5, 0.6) is 11.5 Å². The predicted octanol–water partition coefficient (Wildman–Crippen LogP) is 2.89. The third-order valence-corrected chi connectivity index (χ3v) is 4.93. The molecule has 0 heterocycles. The van der Waals surface area contributed by atoms with Gasteiger partial charge in [0.05, 0.1) is 25.7 Å². The highest BCUT2D eigenvalue weighted by molar-refractivity contribution is 7.92. The molecular formula is C19H24N2O5S. The van der Waals surface area contributed by atoms with Crippen molar-refractivity contribution in [2.24, 2.45) is 0 Å². The van der Waals surface area contributed by atoms with Crippen molar-refractivity contribution in [3.8, 4) is 11.5 Å². The molecule has 0 bridgehead atoms. The Balaban J connectivity index is 2.04. The summed E-state index contributed by atoms with van der Waals surface area (Å²) in [6.07, 6.45) is 1.13.